The Hall–Kier alpha value is -6.52. The Morgan fingerprint density at radius 1 is 0.532 bits per heavy atom. The molecule has 1 aromatic carbocycles. The second-order valence-corrected chi connectivity index (χ2v) is 13.7. The number of hydrogen-bond acceptors (Lipinski definition) is 19. The molecule has 0 saturated heterocycles. The zero-order valence-corrected chi connectivity index (χ0v) is 34.4. The largest absolute Gasteiger partial charge is 0.463 e. The molecule has 0 radical (unpaired) electrons. The van der Waals surface area contributed by atoms with Crippen LogP contribution >= 0.6 is 0 Å². The van der Waals surface area contributed by atoms with Gasteiger partial charge in [0.2, 0.25) is 0 Å². The lowest BCUT2D eigenvalue weighted by molar-refractivity contribution is -0.154. The summed E-state index contributed by atoms with van der Waals surface area (Å²) >= 11 is 0. The summed E-state index contributed by atoms with van der Waals surface area (Å²) in [6.45, 7) is 4.23. The topological polar surface area (TPSA) is 302 Å². The van der Waals surface area contributed by atoms with Gasteiger partial charge in [-0.05, 0) is 32.4 Å². The van der Waals surface area contributed by atoms with E-state index < -0.39 is 123 Å². The molecule has 3 N–H and O–H groups in total. The molecular formula is C40H51N3O19. The second kappa shape index (κ2) is 26.6. The number of carbonyl (C=O) groups excluding carboxylic acids is 7. The predicted octanol–water partition coefficient (Wildman–Crippen LogP) is -1.11. The van der Waals surface area contributed by atoms with Crippen LogP contribution in [0.5, 0.6) is 0 Å². The van der Waals surface area contributed by atoms with Gasteiger partial charge in [0.1, 0.15) is 57.1 Å². The third-order valence-electron chi connectivity index (χ3n) is 8.11. The molecule has 0 saturated carbocycles. The summed E-state index contributed by atoms with van der Waals surface area (Å²) in [4.78, 5) is 124. The molecule has 0 amide bonds. The Bertz CT molecular complexity index is 1990. The number of ketones is 1. The Morgan fingerprint density at radius 3 is 1.37 bits per heavy atom. The second-order valence-electron chi connectivity index (χ2n) is 13.7. The van der Waals surface area contributed by atoms with Gasteiger partial charge in [0, 0.05) is 24.0 Å². The van der Waals surface area contributed by atoms with Crippen molar-refractivity contribution < 1.29 is 77.3 Å². The fourth-order valence-electron chi connectivity index (χ4n) is 4.91. The van der Waals surface area contributed by atoms with Crippen molar-refractivity contribution in [2.75, 3.05) is 39.6 Å². The molecule has 340 valence electrons. The van der Waals surface area contributed by atoms with Crippen LogP contribution in [-0.2, 0) is 76.8 Å². The number of nitrogens with zero attached hydrogens (tertiary/aromatic N) is 3. The molecule has 3 atom stereocenters. The van der Waals surface area contributed by atoms with E-state index in [2.05, 4.69) is 13.2 Å². The zero-order valence-electron chi connectivity index (χ0n) is 34.4. The van der Waals surface area contributed by atoms with Gasteiger partial charge in [-0.15, -0.1) is 0 Å². The van der Waals surface area contributed by atoms with Gasteiger partial charge in [0.25, 0.3) is 0 Å². The van der Waals surface area contributed by atoms with E-state index in [0.29, 0.717) is 13.7 Å². The summed E-state index contributed by atoms with van der Waals surface area (Å²) in [6, 6.07) is 7.66. The number of hydrogen-bond donors (Lipinski definition) is 3. The van der Waals surface area contributed by atoms with Gasteiger partial charge in [-0.2, -0.15) is 0 Å². The van der Waals surface area contributed by atoms with Crippen molar-refractivity contribution in [3.05, 3.63) is 91.7 Å². The number of aliphatic hydroxyl groups excluding tert-OH is 3. The van der Waals surface area contributed by atoms with E-state index in [1.165, 1.54) is 26.0 Å². The minimum atomic E-state index is -1.77. The van der Waals surface area contributed by atoms with Gasteiger partial charge in [-0.1, -0.05) is 31.4 Å². The van der Waals surface area contributed by atoms with Crippen LogP contribution in [0.25, 0.3) is 0 Å². The summed E-state index contributed by atoms with van der Waals surface area (Å²) in [5, 5.41) is 31.9. The van der Waals surface area contributed by atoms with Crippen LogP contribution in [0.3, 0.4) is 0 Å². The Kier molecular flexibility index (Phi) is 22.2. The van der Waals surface area contributed by atoms with E-state index in [1.54, 1.807) is 18.2 Å². The highest BCUT2D eigenvalue weighted by atomic mass is 16.6. The fourth-order valence-corrected chi connectivity index (χ4v) is 4.91. The Labute approximate surface area is 353 Å². The number of Topliss-reactive ketones (excluding diaryl/α,β-unsaturated/α-hetero) is 1. The quantitative estimate of drug-likeness (QED) is 0.0395. The molecule has 62 heavy (non-hydrogen) atoms. The van der Waals surface area contributed by atoms with Gasteiger partial charge in [0.05, 0.1) is 51.1 Å². The molecule has 3 unspecified atom stereocenters. The first-order valence-electron chi connectivity index (χ1n) is 19.1. The molecule has 22 heteroatoms. The predicted molar refractivity (Wildman–Crippen MR) is 211 cm³/mol. The normalized spacial score (nSPS) is 12.2. The monoisotopic (exact) mass is 877 g/mol. The first-order valence-corrected chi connectivity index (χ1v) is 19.1. The molecule has 0 aliphatic heterocycles. The lowest BCUT2D eigenvalue weighted by Crippen LogP contribution is -2.57. The van der Waals surface area contributed by atoms with E-state index in [9.17, 15) is 63.3 Å². The SMILES string of the molecule is C=C(C)C(=O)OCCCC(=O)CCC(=O)OCC(O)Cn1c(=O)n(CC(O)COC(=O)CCC(=O)OCCOC(=O)C(=C)C)c(=O)n(CC(O)COC(=O)c2ccccc2)c1=O. The minimum Gasteiger partial charge on any atom is -0.463 e. The third-order valence-corrected chi connectivity index (χ3v) is 8.11. The number of benzene rings is 1. The average molecular weight is 878 g/mol. The van der Waals surface area contributed by atoms with E-state index in [4.69, 9.17) is 28.4 Å². The summed E-state index contributed by atoms with van der Waals surface area (Å²) in [7, 11) is 0. The molecule has 2 aromatic rings. The van der Waals surface area contributed by atoms with E-state index in [0.717, 1.165) is 0 Å². The van der Waals surface area contributed by atoms with Crippen LogP contribution in [-0.4, -0.2) is 129 Å². The van der Waals surface area contributed by atoms with Crippen LogP contribution in [0.2, 0.25) is 0 Å². The lowest BCUT2D eigenvalue weighted by Gasteiger charge is -2.19. The van der Waals surface area contributed by atoms with E-state index in [1.807, 2.05) is 0 Å². The van der Waals surface area contributed by atoms with Gasteiger partial charge in [-0.25, -0.2) is 42.5 Å². The summed E-state index contributed by atoms with van der Waals surface area (Å²) in [6.07, 6.45) is -6.58. The van der Waals surface area contributed by atoms with Crippen molar-refractivity contribution in [1.29, 1.82) is 0 Å². The van der Waals surface area contributed by atoms with E-state index >= 15 is 0 Å². The molecule has 22 nitrogen and oxygen atoms in total. The summed E-state index contributed by atoms with van der Waals surface area (Å²) in [5.74, 6) is -5.19. The van der Waals surface area contributed by atoms with Crippen molar-refractivity contribution in [2.24, 2.45) is 0 Å². The third kappa shape index (κ3) is 18.8. The summed E-state index contributed by atoms with van der Waals surface area (Å²) in [5.41, 5.74) is -3.59. The molecule has 2 rings (SSSR count). The highest BCUT2D eigenvalue weighted by Crippen LogP contribution is 2.05. The molecule has 0 aliphatic rings. The van der Waals surface area contributed by atoms with Crippen molar-refractivity contribution in [3.8, 4) is 0 Å². The van der Waals surface area contributed by atoms with Crippen molar-refractivity contribution in [2.45, 2.75) is 90.3 Å². The number of ether oxygens (including phenoxy) is 6. The number of rotatable bonds is 28. The fraction of sp³-hybridized carbons (Fsp3) is 0.500. The van der Waals surface area contributed by atoms with Crippen LogP contribution < -0.4 is 17.1 Å². The van der Waals surface area contributed by atoms with Crippen molar-refractivity contribution in [3.63, 3.8) is 0 Å². The molecule has 0 bridgehead atoms. The van der Waals surface area contributed by atoms with Gasteiger partial charge < -0.3 is 43.7 Å². The lowest BCUT2D eigenvalue weighted by atomic mass is 10.1. The van der Waals surface area contributed by atoms with Gasteiger partial charge in [0.15, 0.2) is 0 Å². The number of carbonyl (C=O) groups is 7. The molecule has 0 spiro atoms. The molecule has 1 aromatic heterocycles. The Balaban J connectivity index is 2.10. The number of aromatic nitrogens is 3. The van der Waals surface area contributed by atoms with Gasteiger partial charge >= 0.3 is 52.9 Å². The molecule has 0 aliphatic carbocycles. The van der Waals surface area contributed by atoms with Crippen LogP contribution in [0.1, 0.15) is 62.7 Å². The van der Waals surface area contributed by atoms with Crippen molar-refractivity contribution >= 4 is 41.6 Å². The molecule has 0 fully saturated rings. The average Bonchev–Trinajstić information content (AvgIpc) is 3.24. The molecular weight excluding hydrogens is 826 g/mol. The first kappa shape index (κ1) is 51.6. The maximum Gasteiger partial charge on any atom is 0.338 e. The number of esters is 6. The highest BCUT2D eigenvalue weighted by molar-refractivity contribution is 5.89. The molecule has 1 heterocycles. The van der Waals surface area contributed by atoms with Gasteiger partial charge in [-0.3, -0.25) is 19.2 Å². The van der Waals surface area contributed by atoms with Crippen LogP contribution in [0.4, 0.5) is 0 Å². The maximum absolute atomic E-state index is 13.5. The van der Waals surface area contributed by atoms with Crippen LogP contribution in [0.15, 0.2) is 69.0 Å². The van der Waals surface area contributed by atoms with Crippen LogP contribution in [0, 0.1) is 0 Å². The highest BCUT2D eigenvalue weighted by Gasteiger charge is 2.24. The van der Waals surface area contributed by atoms with Crippen molar-refractivity contribution in [1.82, 2.24) is 13.7 Å². The summed E-state index contributed by atoms with van der Waals surface area (Å²) < 4.78 is 30.6. The number of aliphatic hydroxyl groups is 3. The van der Waals surface area contributed by atoms with E-state index in [-0.39, 0.29) is 68.0 Å². The Morgan fingerprint density at radius 2 is 0.919 bits per heavy atom. The zero-order chi connectivity index (χ0) is 46.4. The smallest absolute Gasteiger partial charge is 0.338 e. The minimum absolute atomic E-state index is 0.00101. The standard InChI is InChI=1S/C40H51N3O19/c1-25(2)35(51)58-16-8-11-28(44)12-13-33(49)60-22-29(45)19-41-38(54)42(20-30(46)23-61-34(50)15-14-32(48)57-17-18-59-36(52)26(3)4)40(56)43(39(41)55)21-31(47)24-62-37(53)27-9-6-5-7-10-27/h5-7,9-10,29-31,45-47H,1,3,8,11-24H2,2,4H3. The maximum atomic E-state index is 13.5. The first-order chi connectivity index (χ1) is 29.3.